The first kappa shape index (κ1) is 22.5. The average molecular weight is 448 g/mol. The first-order valence-corrected chi connectivity index (χ1v) is 10.7. The topological polar surface area (TPSA) is 75.3 Å². The quantitative estimate of drug-likeness (QED) is 0.573. The van der Waals surface area contributed by atoms with Crippen LogP contribution in [0.5, 0.6) is 0 Å². The molecule has 2 N–H and O–H groups in total. The van der Waals surface area contributed by atoms with E-state index in [1.54, 1.807) is 53.8 Å². The molecule has 0 saturated carbocycles. The molecule has 0 radical (unpaired) electrons. The summed E-state index contributed by atoms with van der Waals surface area (Å²) in [6.45, 7) is -1.47. The third kappa shape index (κ3) is 6.16. The molecule has 3 rings (SSSR count). The monoisotopic (exact) mass is 448 g/mol. The Kier molecular flexibility index (Phi) is 6.77. The van der Waals surface area contributed by atoms with Crippen molar-refractivity contribution >= 4 is 15.9 Å². The van der Waals surface area contributed by atoms with Crippen molar-refractivity contribution in [3.8, 4) is 0 Å². The first-order chi connectivity index (χ1) is 14.7. The SMILES string of the molecule is O=C(NCC(F)(F)F)c1ccc(S(=O)(=O)NC(c2ccccc2)c2ccccc2)cc1. The summed E-state index contributed by atoms with van der Waals surface area (Å²) in [4.78, 5) is 11.7. The number of sulfonamides is 1. The number of amides is 1. The molecule has 0 fully saturated rings. The van der Waals surface area contributed by atoms with Gasteiger partial charge in [0.25, 0.3) is 5.91 Å². The first-order valence-electron chi connectivity index (χ1n) is 9.23. The number of rotatable bonds is 7. The van der Waals surface area contributed by atoms with Crippen LogP contribution in [0.1, 0.15) is 27.5 Å². The Hall–Kier alpha value is -3.17. The van der Waals surface area contributed by atoms with Crippen LogP contribution in [0.2, 0.25) is 0 Å². The summed E-state index contributed by atoms with van der Waals surface area (Å²) in [5, 5.41) is 1.74. The minimum absolute atomic E-state index is 0.0779. The van der Waals surface area contributed by atoms with Gasteiger partial charge in [0.15, 0.2) is 0 Å². The van der Waals surface area contributed by atoms with Crippen molar-refractivity contribution in [1.82, 2.24) is 10.0 Å². The van der Waals surface area contributed by atoms with E-state index in [1.807, 2.05) is 12.1 Å². The molecule has 0 heterocycles. The molecule has 0 aliphatic carbocycles. The fourth-order valence-electron chi connectivity index (χ4n) is 2.91. The minimum Gasteiger partial charge on any atom is -0.343 e. The molecule has 0 unspecified atom stereocenters. The Morgan fingerprint density at radius 1 is 0.806 bits per heavy atom. The molecule has 9 heteroatoms. The minimum atomic E-state index is -4.53. The number of nitrogens with one attached hydrogen (secondary N) is 2. The summed E-state index contributed by atoms with van der Waals surface area (Å²) >= 11 is 0. The Balaban J connectivity index is 1.82. The van der Waals surface area contributed by atoms with E-state index in [-0.39, 0.29) is 10.5 Å². The lowest BCUT2D eigenvalue weighted by atomic mass is 10.00. The molecule has 0 aliphatic heterocycles. The van der Waals surface area contributed by atoms with Crippen molar-refractivity contribution in [2.75, 3.05) is 6.54 Å². The summed E-state index contributed by atoms with van der Waals surface area (Å²) in [6, 6.07) is 22.1. The van der Waals surface area contributed by atoms with Crippen molar-refractivity contribution in [3.05, 3.63) is 102 Å². The molecule has 0 spiro atoms. The lowest BCUT2D eigenvalue weighted by molar-refractivity contribution is -0.123. The summed E-state index contributed by atoms with van der Waals surface area (Å²) in [6.07, 6.45) is -4.53. The van der Waals surface area contributed by atoms with Crippen LogP contribution in [0.15, 0.2) is 89.8 Å². The third-order valence-electron chi connectivity index (χ3n) is 4.42. The second-order valence-electron chi connectivity index (χ2n) is 6.70. The zero-order chi connectivity index (χ0) is 22.5. The molecule has 0 aliphatic rings. The second kappa shape index (κ2) is 9.32. The molecule has 3 aromatic rings. The zero-order valence-electron chi connectivity index (χ0n) is 16.1. The normalized spacial score (nSPS) is 12.0. The van der Waals surface area contributed by atoms with E-state index in [2.05, 4.69) is 4.72 Å². The van der Waals surface area contributed by atoms with E-state index in [0.29, 0.717) is 0 Å². The van der Waals surface area contributed by atoms with Crippen molar-refractivity contribution < 1.29 is 26.4 Å². The molecule has 0 atom stereocenters. The number of carbonyl (C=O) groups is 1. The van der Waals surface area contributed by atoms with E-state index in [0.717, 1.165) is 11.1 Å². The van der Waals surface area contributed by atoms with Crippen LogP contribution in [-0.4, -0.2) is 27.0 Å². The van der Waals surface area contributed by atoms with E-state index in [9.17, 15) is 26.4 Å². The third-order valence-corrected chi connectivity index (χ3v) is 5.85. The van der Waals surface area contributed by atoms with Crippen LogP contribution in [0, 0.1) is 0 Å². The number of benzene rings is 3. The molecule has 0 saturated heterocycles. The summed E-state index contributed by atoms with van der Waals surface area (Å²) in [7, 11) is -4.00. The van der Waals surface area contributed by atoms with E-state index < -0.39 is 34.7 Å². The molecule has 0 aromatic heterocycles. The van der Waals surface area contributed by atoms with Gasteiger partial charge in [0.05, 0.1) is 10.9 Å². The average Bonchev–Trinajstić information content (AvgIpc) is 2.76. The molecule has 0 bridgehead atoms. The highest BCUT2D eigenvalue weighted by Gasteiger charge is 2.28. The highest BCUT2D eigenvalue weighted by molar-refractivity contribution is 7.89. The maximum Gasteiger partial charge on any atom is 0.405 e. The number of hydrogen-bond acceptors (Lipinski definition) is 3. The lowest BCUT2D eigenvalue weighted by Crippen LogP contribution is -2.33. The Morgan fingerprint density at radius 3 is 1.74 bits per heavy atom. The standard InChI is InChI=1S/C22H19F3N2O3S/c23-22(24,25)15-26-21(28)18-11-13-19(14-12-18)31(29,30)27-20(16-7-3-1-4-8-16)17-9-5-2-6-10-17/h1-14,20,27H,15H2,(H,26,28). The van der Waals surface area contributed by atoms with Gasteiger partial charge in [-0.05, 0) is 35.4 Å². The maximum atomic E-state index is 13.0. The van der Waals surface area contributed by atoms with Gasteiger partial charge in [-0.25, -0.2) is 8.42 Å². The van der Waals surface area contributed by atoms with Gasteiger partial charge in [0.1, 0.15) is 6.54 Å². The predicted octanol–water partition coefficient (Wildman–Crippen LogP) is 4.05. The van der Waals surface area contributed by atoms with Gasteiger partial charge >= 0.3 is 6.18 Å². The summed E-state index contributed by atoms with van der Waals surface area (Å²) < 4.78 is 65.3. The van der Waals surface area contributed by atoms with Crippen molar-refractivity contribution in [2.45, 2.75) is 17.1 Å². The Labute approximate surface area is 178 Å². The van der Waals surface area contributed by atoms with Crippen molar-refractivity contribution in [3.63, 3.8) is 0 Å². The molecule has 162 valence electrons. The Morgan fingerprint density at radius 2 is 1.29 bits per heavy atom. The van der Waals surface area contributed by atoms with Gasteiger partial charge in [0, 0.05) is 5.56 Å². The summed E-state index contributed by atoms with van der Waals surface area (Å²) in [5.41, 5.74) is 1.40. The highest BCUT2D eigenvalue weighted by atomic mass is 32.2. The molecule has 31 heavy (non-hydrogen) atoms. The molecular weight excluding hydrogens is 429 g/mol. The number of alkyl halides is 3. The van der Waals surface area contributed by atoms with Crippen LogP contribution < -0.4 is 10.0 Å². The largest absolute Gasteiger partial charge is 0.405 e. The fourth-order valence-corrected chi connectivity index (χ4v) is 4.12. The van der Waals surface area contributed by atoms with E-state index in [1.165, 1.54) is 24.3 Å². The van der Waals surface area contributed by atoms with E-state index >= 15 is 0 Å². The van der Waals surface area contributed by atoms with E-state index in [4.69, 9.17) is 0 Å². The fraction of sp³-hybridized carbons (Fsp3) is 0.136. The van der Waals surface area contributed by atoms with Crippen LogP contribution in [0.3, 0.4) is 0 Å². The smallest absolute Gasteiger partial charge is 0.343 e. The van der Waals surface area contributed by atoms with Gasteiger partial charge < -0.3 is 5.32 Å². The van der Waals surface area contributed by atoms with Gasteiger partial charge in [-0.3, -0.25) is 4.79 Å². The predicted molar refractivity (Wildman–Crippen MR) is 110 cm³/mol. The van der Waals surface area contributed by atoms with Crippen molar-refractivity contribution in [1.29, 1.82) is 0 Å². The molecule has 5 nitrogen and oxygen atoms in total. The number of halogens is 3. The van der Waals surface area contributed by atoms with Crippen molar-refractivity contribution in [2.24, 2.45) is 0 Å². The molecule has 1 amide bonds. The summed E-state index contributed by atoms with van der Waals surface area (Å²) in [5.74, 6) is -0.944. The molecule has 3 aromatic carbocycles. The second-order valence-corrected chi connectivity index (χ2v) is 8.41. The Bertz CT molecular complexity index is 1080. The zero-order valence-corrected chi connectivity index (χ0v) is 17.0. The van der Waals surface area contributed by atoms with Crippen LogP contribution in [0.25, 0.3) is 0 Å². The van der Waals surface area contributed by atoms with Crippen LogP contribution in [0.4, 0.5) is 13.2 Å². The lowest BCUT2D eigenvalue weighted by Gasteiger charge is -2.20. The number of carbonyl (C=O) groups excluding carboxylic acids is 1. The number of hydrogen-bond donors (Lipinski definition) is 2. The van der Waals surface area contributed by atoms with Gasteiger partial charge in [-0.1, -0.05) is 60.7 Å². The van der Waals surface area contributed by atoms with Crippen LogP contribution >= 0.6 is 0 Å². The van der Waals surface area contributed by atoms with Crippen LogP contribution in [-0.2, 0) is 10.0 Å². The maximum absolute atomic E-state index is 13.0. The molecular formula is C22H19F3N2O3S. The van der Waals surface area contributed by atoms with Gasteiger partial charge in [-0.2, -0.15) is 17.9 Å². The van der Waals surface area contributed by atoms with Gasteiger partial charge in [0.2, 0.25) is 10.0 Å². The van der Waals surface area contributed by atoms with Gasteiger partial charge in [-0.15, -0.1) is 0 Å². The highest BCUT2D eigenvalue weighted by Crippen LogP contribution is 2.24.